The van der Waals surface area contributed by atoms with Gasteiger partial charge in [-0.15, -0.1) is 0 Å². The van der Waals surface area contributed by atoms with Crippen LogP contribution in [0.5, 0.6) is 0 Å². The standard InChI is InChI=1S/C11H10Cl2N4/c12-7-2-1-3-8(11(7)13)16-6-10-15-5-4-9(14)17-10/h1-5,16H,6H2,(H2,14,15,17). The van der Waals surface area contributed by atoms with Crippen LogP contribution in [0.25, 0.3) is 0 Å². The monoisotopic (exact) mass is 268 g/mol. The fourth-order valence-corrected chi connectivity index (χ4v) is 1.68. The Balaban J connectivity index is 2.10. The Bertz CT molecular complexity index is 531. The number of rotatable bonds is 3. The topological polar surface area (TPSA) is 63.8 Å². The molecule has 0 atom stereocenters. The SMILES string of the molecule is Nc1ccnc(CNc2cccc(Cl)c2Cl)n1. The van der Waals surface area contributed by atoms with E-state index in [1.165, 1.54) is 0 Å². The molecule has 6 heteroatoms. The van der Waals surface area contributed by atoms with E-state index in [4.69, 9.17) is 28.9 Å². The lowest BCUT2D eigenvalue weighted by molar-refractivity contribution is 0.954. The number of nitrogen functional groups attached to an aromatic ring is 1. The number of aromatic nitrogens is 2. The predicted octanol–water partition coefficient (Wildman–Crippen LogP) is 2.98. The summed E-state index contributed by atoms with van der Waals surface area (Å²) in [6, 6.07) is 7.01. The summed E-state index contributed by atoms with van der Waals surface area (Å²) in [5.74, 6) is 1.04. The summed E-state index contributed by atoms with van der Waals surface area (Å²) < 4.78 is 0. The zero-order valence-corrected chi connectivity index (χ0v) is 10.3. The Morgan fingerprint density at radius 2 is 2.06 bits per heavy atom. The zero-order chi connectivity index (χ0) is 12.3. The van der Waals surface area contributed by atoms with Gasteiger partial charge in [0.15, 0.2) is 0 Å². The Morgan fingerprint density at radius 3 is 2.82 bits per heavy atom. The van der Waals surface area contributed by atoms with Gasteiger partial charge in [-0.1, -0.05) is 29.3 Å². The summed E-state index contributed by atoms with van der Waals surface area (Å²) in [7, 11) is 0. The molecule has 2 aromatic rings. The third-order valence-corrected chi connectivity index (χ3v) is 2.93. The van der Waals surface area contributed by atoms with Crippen molar-refractivity contribution in [1.82, 2.24) is 9.97 Å². The zero-order valence-electron chi connectivity index (χ0n) is 8.82. The highest BCUT2D eigenvalue weighted by atomic mass is 35.5. The molecule has 2 rings (SSSR count). The summed E-state index contributed by atoms with van der Waals surface area (Å²) in [4.78, 5) is 8.15. The molecular weight excluding hydrogens is 259 g/mol. The van der Waals surface area contributed by atoms with Gasteiger partial charge < -0.3 is 11.1 Å². The van der Waals surface area contributed by atoms with Gasteiger partial charge in [-0.3, -0.25) is 0 Å². The number of hydrogen-bond acceptors (Lipinski definition) is 4. The number of hydrogen-bond donors (Lipinski definition) is 2. The first-order chi connectivity index (χ1) is 8.16. The molecular formula is C11H10Cl2N4. The van der Waals surface area contributed by atoms with Crippen LogP contribution in [0, 0.1) is 0 Å². The average Bonchev–Trinajstić information content (AvgIpc) is 2.31. The van der Waals surface area contributed by atoms with Gasteiger partial charge in [0.2, 0.25) is 0 Å². The lowest BCUT2D eigenvalue weighted by Crippen LogP contribution is -2.05. The van der Waals surface area contributed by atoms with E-state index in [0.29, 0.717) is 28.2 Å². The quantitative estimate of drug-likeness (QED) is 0.899. The maximum Gasteiger partial charge on any atom is 0.149 e. The molecule has 0 radical (unpaired) electrons. The molecule has 4 nitrogen and oxygen atoms in total. The highest BCUT2D eigenvalue weighted by Crippen LogP contribution is 2.29. The summed E-state index contributed by atoms with van der Waals surface area (Å²) >= 11 is 11.9. The van der Waals surface area contributed by atoms with Crippen LogP contribution in [0.3, 0.4) is 0 Å². The maximum absolute atomic E-state index is 6.03. The fraction of sp³-hybridized carbons (Fsp3) is 0.0909. The highest BCUT2D eigenvalue weighted by molar-refractivity contribution is 6.43. The van der Waals surface area contributed by atoms with Crippen molar-refractivity contribution in [3.05, 3.63) is 46.3 Å². The largest absolute Gasteiger partial charge is 0.384 e. The predicted molar refractivity (Wildman–Crippen MR) is 70.2 cm³/mol. The summed E-state index contributed by atoms with van der Waals surface area (Å²) in [5, 5.41) is 4.09. The maximum atomic E-state index is 6.03. The van der Waals surface area contributed by atoms with E-state index in [0.717, 1.165) is 5.69 Å². The second kappa shape index (κ2) is 5.21. The van der Waals surface area contributed by atoms with E-state index in [-0.39, 0.29) is 0 Å². The first-order valence-electron chi connectivity index (χ1n) is 4.92. The van der Waals surface area contributed by atoms with Crippen LogP contribution in [0.4, 0.5) is 11.5 Å². The van der Waals surface area contributed by atoms with Crippen LogP contribution in [0.15, 0.2) is 30.5 Å². The second-order valence-electron chi connectivity index (χ2n) is 3.35. The lowest BCUT2D eigenvalue weighted by Gasteiger charge is -2.08. The van der Waals surface area contributed by atoms with Crippen molar-refractivity contribution < 1.29 is 0 Å². The van der Waals surface area contributed by atoms with Crippen LogP contribution < -0.4 is 11.1 Å². The molecule has 0 unspecified atom stereocenters. The van der Waals surface area contributed by atoms with E-state index in [1.54, 1.807) is 18.3 Å². The number of benzene rings is 1. The second-order valence-corrected chi connectivity index (χ2v) is 4.14. The van der Waals surface area contributed by atoms with Gasteiger partial charge >= 0.3 is 0 Å². The first-order valence-corrected chi connectivity index (χ1v) is 5.67. The highest BCUT2D eigenvalue weighted by Gasteiger charge is 2.04. The van der Waals surface area contributed by atoms with Crippen molar-refractivity contribution in [3.63, 3.8) is 0 Å². The van der Waals surface area contributed by atoms with Crippen molar-refractivity contribution >= 4 is 34.7 Å². The van der Waals surface area contributed by atoms with Gasteiger partial charge in [-0.2, -0.15) is 0 Å². The third kappa shape index (κ3) is 2.99. The van der Waals surface area contributed by atoms with Gasteiger partial charge in [-0.25, -0.2) is 9.97 Å². The van der Waals surface area contributed by atoms with Crippen molar-refractivity contribution in [2.24, 2.45) is 0 Å². The van der Waals surface area contributed by atoms with Gasteiger partial charge in [0.1, 0.15) is 11.6 Å². The minimum Gasteiger partial charge on any atom is -0.384 e. The minimum absolute atomic E-state index is 0.436. The van der Waals surface area contributed by atoms with Crippen molar-refractivity contribution in [1.29, 1.82) is 0 Å². The Labute approximate surface area is 109 Å². The summed E-state index contributed by atoms with van der Waals surface area (Å²) in [6.45, 7) is 0.436. The number of nitrogens with zero attached hydrogens (tertiary/aromatic N) is 2. The van der Waals surface area contributed by atoms with Crippen molar-refractivity contribution in [2.45, 2.75) is 6.54 Å². The number of nitrogens with one attached hydrogen (secondary N) is 1. The van der Waals surface area contributed by atoms with Crippen LogP contribution in [0.1, 0.15) is 5.82 Å². The molecule has 0 aliphatic carbocycles. The van der Waals surface area contributed by atoms with E-state index in [1.807, 2.05) is 12.1 Å². The van der Waals surface area contributed by atoms with E-state index < -0.39 is 0 Å². The minimum atomic E-state index is 0.436. The van der Waals surface area contributed by atoms with Gasteiger partial charge in [0, 0.05) is 6.20 Å². The third-order valence-electron chi connectivity index (χ3n) is 2.12. The Morgan fingerprint density at radius 1 is 1.24 bits per heavy atom. The lowest BCUT2D eigenvalue weighted by atomic mass is 10.3. The molecule has 0 fully saturated rings. The normalized spacial score (nSPS) is 10.2. The van der Waals surface area contributed by atoms with E-state index >= 15 is 0 Å². The molecule has 3 N–H and O–H groups in total. The van der Waals surface area contributed by atoms with Crippen LogP contribution in [-0.4, -0.2) is 9.97 Å². The van der Waals surface area contributed by atoms with Crippen molar-refractivity contribution in [2.75, 3.05) is 11.1 Å². The molecule has 0 amide bonds. The van der Waals surface area contributed by atoms with E-state index in [9.17, 15) is 0 Å². The van der Waals surface area contributed by atoms with Crippen LogP contribution >= 0.6 is 23.2 Å². The molecule has 0 aliphatic rings. The van der Waals surface area contributed by atoms with Gasteiger partial charge in [-0.05, 0) is 18.2 Å². The average molecular weight is 269 g/mol. The first kappa shape index (κ1) is 12.0. The molecule has 0 spiro atoms. The van der Waals surface area contributed by atoms with Gasteiger partial charge in [0.25, 0.3) is 0 Å². The molecule has 0 bridgehead atoms. The number of halogens is 2. The molecule has 1 aromatic heterocycles. The molecule has 0 aliphatic heterocycles. The fourth-order valence-electron chi connectivity index (χ4n) is 1.31. The molecule has 0 saturated heterocycles. The Hall–Kier alpha value is -1.52. The Kier molecular flexibility index (Phi) is 3.66. The van der Waals surface area contributed by atoms with Crippen LogP contribution in [-0.2, 0) is 6.54 Å². The molecule has 1 heterocycles. The van der Waals surface area contributed by atoms with Crippen LogP contribution in [0.2, 0.25) is 10.0 Å². The smallest absolute Gasteiger partial charge is 0.149 e. The summed E-state index contributed by atoms with van der Waals surface area (Å²) in [6.07, 6.45) is 1.61. The molecule has 17 heavy (non-hydrogen) atoms. The molecule has 88 valence electrons. The summed E-state index contributed by atoms with van der Waals surface area (Å²) in [5.41, 5.74) is 6.30. The van der Waals surface area contributed by atoms with E-state index in [2.05, 4.69) is 15.3 Å². The van der Waals surface area contributed by atoms with Crippen molar-refractivity contribution in [3.8, 4) is 0 Å². The molecule has 1 aromatic carbocycles. The van der Waals surface area contributed by atoms with Gasteiger partial charge in [0.05, 0.1) is 22.3 Å². The number of anilines is 2. The molecule has 0 saturated carbocycles. The number of nitrogens with two attached hydrogens (primary N) is 1.